The normalized spacial score (nSPS) is 13.9. The van der Waals surface area contributed by atoms with Gasteiger partial charge in [-0.05, 0) is 50.4 Å². The Hall–Kier alpha value is -3.70. The Morgan fingerprint density at radius 1 is 0.938 bits per heavy atom. The first-order valence-corrected chi connectivity index (χ1v) is 10.5. The van der Waals surface area contributed by atoms with Crippen molar-refractivity contribution in [2.45, 2.75) is 6.92 Å². The monoisotopic (exact) mass is 432 g/mol. The maximum absolute atomic E-state index is 5.38. The molecule has 1 fully saturated rings. The van der Waals surface area contributed by atoms with Gasteiger partial charge in [0.2, 0.25) is 5.95 Å². The van der Waals surface area contributed by atoms with Crippen molar-refractivity contribution in [3.05, 3.63) is 54.2 Å². The second kappa shape index (κ2) is 9.62. The number of aromatic nitrogens is 2. The highest BCUT2D eigenvalue weighted by Crippen LogP contribution is 2.31. The molecule has 0 spiro atoms. The quantitative estimate of drug-likeness (QED) is 0.586. The lowest BCUT2D eigenvalue weighted by molar-refractivity contribution is 0.313. The van der Waals surface area contributed by atoms with Crippen LogP contribution in [0, 0.1) is 19.1 Å². The summed E-state index contributed by atoms with van der Waals surface area (Å²) in [6.07, 6.45) is 1.78. The third-order valence-electron chi connectivity index (χ3n) is 5.44. The molecular formula is C24H28N6O2. The van der Waals surface area contributed by atoms with Gasteiger partial charge in [-0.3, -0.25) is 0 Å². The SMILES string of the molecule is COc1ccc(Nc2nc(Nc3c#cc(N4CCN(C)CC4)cc3)ncc2C)cc1OC. The molecule has 166 valence electrons. The van der Waals surface area contributed by atoms with E-state index in [1.807, 2.05) is 31.2 Å². The van der Waals surface area contributed by atoms with Crippen LogP contribution in [0.25, 0.3) is 0 Å². The molecule has 3 aromatic rings. The Balaban J connectivity index is 1.46. The van der Waals surface area contributed by atoms with Crippen molar-refractivity contribution in [1.82, 2.24) is 14.9 Å². The molecule has 2 N–H and O–H groups in total. The summed E-state index contributed by atoms with van der Waals surface area (Å²) >= 11 is 0. The predicted octanol–water partition coefficient (Wildman–Crippen LogP) is 3.64. The van der Waals surface area contributed by atoms with Gasteiger partial charge in [0, 0.05) is 49.7 Å². The van der Waals surface area contributed by atoms with Crippen molar-refractivity contribution in [1.29, 1.82) is 0 Å². The summed E-state index contributed by atoms with van der Waals surface area (Å²) in [4.78, 5) is 13.7. The molecule has 1 aliphatic heterocycles. The van der Waals surface area contributed by atoms with Crippen LogP contribution in [0.4, 0.5) is 28.8 Å². The maximum Gasteiger partial charge on any atom is 0.229 e. The summed E-state index contributed by atoms with van der Waals surface area (Å²) in [5.74, 6) is 2.50. The zero-order valence-electron chi connectivity index (χ0n) is 18.9. The van der Waals surface area contributed by atoms with Crippen molar-refractivity contribution < 1.29 is 9.47 Å². The van der Waals surface area contributed by atoms with Gasteiger partial charge in [-0.2, -0.15) is 4.98 Å². The smallest absolute Gasteiger partial charge is 0.229 e. The molecule has 0 atom stereocenters. The zero-order valence-corrected chi connectivity index (χ0v) is 18.9. The van der Waals surface area contributed by atoms with Gasteiger partial charge < -0.3 is 29.9 Å². The predicted molar refractivity (Wildman–Crippen MR) is 127 cm³/mol. The molecule has 1 aromatic heterocycles. The molecule has 0 unspecified atom stereocenters. The number of hydrogen-bond donors (Lipinski definition) is 2. The van der Waals surface area contributed by atoms with Gasteiger partial charge in [0.15, 0.2) is 11.5 Å². The number of methoxy groups -OCH3 is 2. The molecule has 32 heavy (non-hydrogen) atoms. The third-order valence-corrected chi connectivity index (χ3v) is 5.44. The van der Waals surface area contributed by atoms with Crippen LogP contribution < -0.4 is 25.0 Å². The van der Waals surface area contributed by atoms with E-state index in [0.717, 1.165) is 48.8 Å². The lowest BCUT2D eigenvalue weighted by atomic mass is 10.2. The van der Waals surface area contributed by atoms with Crippen molar-refractivity contribution >= 4 is 28.8 Å². The first kappa shape index (κ1) is 21.5. The van der Waals surface area contributed by atoms with Crippen molar-refractivity contribution in [3.8, 4) is 11.5 Å². The summed E-state index contributed by atoms with van der Waals surface area (Å²) < 4.78 is 10.7. The van der Waals surface area contributed by atoms with E-state index in [2.05, 4.69) is 55.6 Å². The molecule has 0 radical (unpaired) electrons. The Bertz CT molecular complexity index is 1050. The highest BCUT2D eigenvalue weighted by Gasteiger charge is 2.14. The summed E-state index contributed by atoms with van der Waals surface area (Å²) in [7, 11) is 5.38. The van der Waals surface area contributed by atoms with E-state index in [-0.39, 0.29) is 0 Å². The van der Waals surface area contributed by atoms with Gasteiger partial charge in [-0.1, -0.05) is 0 Å². The number of anilines is 5. The molecule has 2 heterocycles. The van der Waals surface area contributed by atoms with Crippen LogP contribution >= 0.6 is 0 Å². The fourth-order valence-electron chi connectivity index (χ4n) is 3.48. The second-order valence-corrected chi connectivity index (χ2v) is 7.72. The summed E-state index contributed by atoms with van der Waals surface area (Å²) in [5.41, 5.74) is 3.59. The van der Waals surface area contributed by atoms with Crippen LogP contribution in [-0.2, 0) is 0 Å². The molecule has 0 bridgehead atoms. The average Bonchev–Trinajstić information content (AvgIpc) is 2.82. The largest absolute Gasteiger partial charge is 0.493 e. The van der Waals surface area contributed by atoms with Crippen LogP contribution in [0.15, 0.2) is 36.5 Å². The number of benzene rings is 1. The van der Waals surface area contributed by atoms with Crippen LogP contribution in [0.5, 0.6) is 11.5 Å². The zero-order chi connectivity index (χ0) is 22.5. The number of nitrogens with one attached hydrogen (secondary N) is 2. The molecule has 2 aromatic carbocycles. The molecule has 1 saturated heterocycles. The van der Waals surface area contributed by atoms with Crippen LogP contribution in [0.2, 0.25) is 0 Å². The second-order valence-electron chi connectivity index (χ2n) is 7.72. The fourth-order valence-corrected chi connectivity index (χ4v) is 3.48. The number of piperazine rings is 1. The minimum absolute atomic E-state index is 0.482. The van der Waals surface area contributed by atoms with E-state index in [1.54, 1.807) is 20.4 Å². The van der Waals surface area contributed by atoms with E-state index in [0.29, 0.717) is 23.3 Å². The summed E-state index contributed by atoms with van der Waals surface area (Å²) in [5, 5.41) is 6.54. The van der Waals surface area contributed by atoms with Crippen molar-refractivity contribution in [2.24, 2.45) is 0 Å². The van der Waals surface area contributed by atoms with Gasteiger partial charge in [-0.15, -0.1) is 0 Å². The summed E-state index contributed by atoms with van der Waals surface area (Å²) in [6.45, 7) is 6.07. The fraction of sp³-hybridized carbons (Fsp3) is 0.333. The van der Waals surface area contributed by atoms with Crippen LogP contribution in [0.1, 0.15) is 5.56 Å². The van der Waals surface area contributed by atoms with Gasteiger partial charge in [0.1, 0.15) is 5.82 Å². The topological polar surface area (TPSA) is 74.8 Å². The third kappa shape index (κ3) is 4.95. The highest BCUT2D eigenvalue weighted by molar-refractivity contribution is 5.65. The first-order chi connectivity index (χ1) is 15.6. The lowest BCUT2D eigenvalue weighted by Gasteiger charge is -2.33. The number of hydrogen-bond acceptors (Lipinski definition) is 8. The molecular weight excluding hydrogens is 404 g/mol. The Morgan fingerprint density at radius 3 is 2.41 bits per heavy atom. The molecule has 8 heteroatoms. The molecule has 1 aliphatic rings. The van der Waals surface area contributed by atoms with Gasteiger partial charge in [0.25, 0.3) is 0 Å². The van der Waals surface area contributed by atoms with E-state index >= 15 is 0 Å². The number of ether oxygens (including phenoxy) is 2. The first-order valence-electron chi connectivity index (χ1n) is 10.5. The minimum atomic E-state index is 0.482. The Kier molecular flexibility index (Phi) is 6.47. The number of rotatable bonds is 7. The van der Waals surface area contributed by atoms with Gasteiger partial charge >= 0.3 is 0 Å². The Labute approximate surface area is 189 Å². The Morgan fingerprint density at radius 2 is 1.72 bits per heavy atom. The van der Waals surface area contributed by atoms with E-state index in [1.165, 1.54) is 0 Å². The van der Waals surface area contributed by atoms with E-state index in [4.69, 9.17) is 9.47 Å². The number of likely N-dealkylation sites (N-methyl/N-ethyl adjacent to an activating group) is 1. The van der Waals surface area contributed by atoms with E-state index < -0.39 is 0 Å². The maximum atomic E-state index is 5.38. The number of nitrogens with zero attached hydrogens (tertiary/aromatic N) is 4. The molecule has 0 amide bonds. The average molecular weight is 433 g/mol. The highest BCUT2D eigenvalue weighted by atomic mass is 16.5. The molecule has 0 aliphatic carbocycles. The van der Waals surface area contributed by atoms with Gasteiger partial charge in [0.05, 0.1) is 25.6 Å². The van der Waals surface area contributed by atoms with Crippen molar-refractivity contribution in [2.75, 3.05) is 63.0 Å². The lowest BCUT2D eigenvalue weighted by Crippen LogP contribution is -2.44. The standard InChI is InChI=1S/C24H28N6O2/c1-17-16-25-24(28-23(17)26-19-7-10-21(31-3)22(15-19)32-4)27-18-5-8-20(9-6-18)30-13-11-29(2)12-14-30/h5,7-8,10,15-16H,11-14H2,1-4H3,(H2,25,26,27,28). The molecule has 4 rings (SSSR count). The van der Waals surface area contributed by atoms with Crippen LogP contribution in [0.3, 0.4) is 0 Å². The molecule has 0 saturated carbocycles. The number of aryl methyl sites for hydroxylation is 1. The minimum Gasteiger partial charge on any atom is -0.493 e. The van der Waals surface area contributed by atoms with E-state index in [9.17, 15) is 0 Å². The summed E-state index contributed by atoms with van der Waals surface area (Å²) in [6, 6.07) is 16.1. The van der Waals surface area contributed by atoms with Crippen molar-refractivity contribution in [3.63, 3.8) is 0 Å². The molecule has 8 nitrogen and oxygen atoms in total. The van der Waals surface area contributed by atoms with Crippen LogP contribution in [-0.4, -0.2) is 62.3 Å². The van der Waals surface area contributed by atoms with Gasteiger partial charge in [-0.25, -0.2) is 4.98 Å².